The number of fused-ring (bicyclic) bond motifs is 1. The summed E-state index contributed by atoms with van der Waals surface area (Å²) < 4.78 is 8.25. The molecule has 8 heteroatoms. The van der Waals surface area contributed by atoms with Gasteiger partial charge < -0.3 is 10.4 Å². The molecule has 2 N–H and O–H groups in total. The Morgan fingerprint density at radius 1 is 1.16 bits per heavy atom. The fourth-order valence-electron chi connectivity index (χ4n) is 2.41. The van der Waals surface area contributed by atoms with Crippen molar-refractivity contribution >= 4 is 51.3 Å². The molecule has 0 radical (unpaired) electrons. The van der Waals surface area contributed by atoms with Gasteiger partial charge in [-0.2, -0.15) is 20.1 Å². The normalized spacial score (nSPS) is 12.4. The van der Waals surface area contributed by atoms with E-state index in [0.29, 0.717) is 11.1 Å². The van der Waals surface area contributed by atoms with Crippen LogP contribution in [0.25, 0.3) is 21.5 Å². The van der Waals surface area contributed by atoms with Crippen LogP contribution in [0.5, 0.6) is 0 Å². The van der Waals surface area contributed by atoms with Crippen molar-refractivity contribution in [3.63, 3.8) is 0 Å². The standard InChI is InChI=1S/C17H13N3O2S3/c21-14(16-4-3-15(24-16)11-5-6-23-9-11)8-18-17(22)10-1-2-12-13(7-10)20-25-19-12/h1-7,9,14,21H,8H2,(H,18,22). The minimum absolute atomic E-state index is 0.162. The highest BCUT2D eigenvalue weighted by Crippen LogP contribution is 2.32. The molecule has 0 aliphatic heterocycles. The first-order valence-corrected chi connectivity index (χ1v) is 10.0. The molecule has 0 saturated carbocycles. The van der Waals surface area contributed by atoms with E-state index >= 15 is 0 Å². The van der Waals surface area contributed by atoms with Crippen LogP contribution in [-0.2, 0) is 0 Å². The molecule has 25 heavy (non-hydrogen) atoms. The van der Waals surface area contributed by atoms with E-state index < -0.39 is 6.10 Å². The van der Waals surface area contributed by atoms with Crippen LogP contribution < -0.4 is 5.32 Å². The van der Waals surface area contributed by atoms with E-state index in [2.05, 4.69) is 25.5 Å². The lowest BCUT2D eigenvalue weighted by Crippen LogP contribution is -2.28. The average Bonchev–Trinajstić information content (AvgIpc) is 3.38. The Labute approximate surface area is 155 Å². The summed E-state index contributed by atoms with van der Waals surface area (Å²) in [6.07, 6.45) is -0.731. The van der Waals surface area contributed by atoms with Gasteiger partial charge in [-0.1, -0.05) is 0 Å². The second kappa shape index (κ2) is 7.01. The van der Waals surface area contributed by atoms with Gasteiger partial charge in [0.1, 0.15) is 17.1 Å². The van der Waals surface area contributed by atoms with Crippen LogP contribution in [0.3, 0.4) is 0 Å². The number of hydrogen-bond donors (Lipinski definition) is 2. The summed E-state index contributed by atoms with van der Waals surface area (Å²) >= 11 is 4.30. The van der Waals surface area contributed by atoms with Crippen LogP contribution in [0.1, 0.15) is 21.3 Å². The van der Waals surface area contributed by atoms with E-state index in [-0.39, 0.29) is 12.5 Å². The number of aliphatic hydroxyl groups is 1. The minimum atomic E-state index is -0.731. The van der Waals surface area contributed by atoms with E-state index in [1.165, 1.54) is 11.3 Å². The molecule has 5 nitrogen and oxygen atoms in total. The van der Waals surface area contributed by atoms with Gasteiger partial charge in [-0.15, -0.1) is 11.3 Å². The van der Waals surface area contributed by atoms with Crippen molar-refractivity contribution in [3.05, 3.63) is 57.6 Å². The largest absolute Gasteiger partial charge is 0.386 e. The number of carbonyl (C=O) groups is 1. The van der Waals surface area contributed by atoms with Crippen molar-refractivity contribution in [1.82, 2.24) is 14.1 Å². The summed E-state index contributed by atoms with van der Waals surface area (Å²) in [5.41, 5.74) is 3.15. The van der Waals surface area contributed by atoms with Crippen molar-refractivity contribution in [3.8, 4) is 10.4 Å². The van der Waals surface area contributed by atoms with Gasteiger partial charge in [-0.25, -0.2) is 0 Å². The second-order valence-electron chi connectivity index (χ2n) is 5.41. The molecule has 1 amide bonds. The maximum absolute atomic E-state index is 12.3. The number of nitrogens with one attached hydrogen (secondary N) is 1. The van der Waals surface area contributed by atoms with E-state index in [1.54, 1.807) is 29.5 Å². The highest BCUT2D eigenvalue weighted by molar-refractivity contribution is 7.16. The molecule has 0 spiro atoms. The smallest absolute Gasteiger partial charge is 0.251 e. The molecule has 0 fully saturated rings. The zero-order valence-electron chi connectivity index (χ0n) is 12.9. The van der Waals surface area contributed by atoms with Gasteiger partial charge in [0.2, 0.25) is 0 Å². The summed E-state index contributed by atoms with van der Waals surface area (Å²) in [5.74, 6) is -0.233. The predicted molar refractivity (Wildman–Crippen MR) is 102 cm³/mol. The summed E-state index contributed by atoms with van der Waals surface area (Å²) in [6.45, 7) is 0.162. The molecule has 1 atom stereocenters. The zero-order valence-corrected chi connectivity index (χ0v) is 15.3. The van der Waals surface area contributed by atoms with Gasteiger partial charge in [0.25, 0.3) is 5.91 Å². The number of rotatable bonds is 5. The number of nitrogens with zero attached hydrogens (tertiary/aromatic N) is 2. The van der Waals surface area contributed by atoms with Crippen molar-refractivity contribution in [2.75, 3.05) is 6.54 Å². The fourth-order valence-corrected chi connectivity index (χ4v) is 4.65. The van der Waals surface area contributed by atoms with Gasteiger partial charge in [0.15, 0.2) is 0 Å². The Morgan fingerprint density at radius 2 is 2.04 bits per heavy atom. The van der Waals surface area contributed by atoms with E-state index in [9.17, 15) is 9.90 Å². The third kappa shape index (κ3) is 3.47. The number of aliphatic hydroxyl groups excluding tert-OH is 1. The monoisotopic (exact) mass is 387 g/mol. The predicted octanol–water partition coefficient (Wildman–Crippen LogP) is 3.94. The first-order chi connectivity index (χ1) is 12.2. The molecule has 0 saturated heterocycles. The highest BCUT2D eigenvalue weighted by Gasteiger charge is 2.14. The topological polar surface area (TPSA) is 75.1 Å². The molecular weight excluding hydrogens is 374 g/mol. The fraction of sp³-hybridized carbons (Fsp3) is 0.118. The molecule has 126 valence electrons. The summed E-state index contributed by atoms with van der Waals surface area (Å²) in [4.78, 5) is 14.2. The second-order valence-corrected chi connectivity index (χ2v) is 7.83. The van der Waals surface area contributed by atoms with Crippen molar-refractivity contribution < 1.29 is 9.90 Å². The highest BCUT2D eigenvalue weighted by atomic mass is 32.1. The molecule has 3 aromatic heterocycles. The lowest BCUT2D eigenvalue weighted by Gasteiger charge is -2.10. The molecule has 3 heterocycles. The quantitative estimate of drug-likeness (QED) is 0.544. The maximum Gasteiger partial charge on any atom is 0.251 e. The van der Waals surface area contributed by atoms with Crippen LogP contribution in [0, 0.1) is 0 Å². The number of thiophene rings is 2. The summed E-state index contributed by atoms with van der Waals surface area (Å²) in [5, 5.41) is 17.2. The van der Waals surface area contributed by atoms with Crippen molar-refractivity contribution in [1.29, 1.82) is 0 Å². The molecule has 0 aliphatic rings. The molecule has 0 bridgehead atoms. The molecule has 1 unspecified atom stereocenters. The van der Waals surface area contributed by atoms with Crippen LogP contribution in [0.4, 0.5) is 0 Å². The Hall–Kier alpha value is -2.13. The molecule has 4 aromatic rings. The Bertz CT molecular complexity index is 1010. The summed E-state index contributed by atoms with van der Waals surface area (Å²) in [6, 6.07) is 11.2. The van der Waals surface area contributed by atoms with Crippen LogP contribution in [-0.4, -0.2) is 26.3 Å². The lowest BCUT2D eigenvalue weighted by atomic mass is 10.2. The van der Waals surface area contributed by atoms with Gasteiger partial charge in [0, 0.05) is 27.4 Å². The maximum atomic E-state index is 12.3. The SMILES string of the molecule is O=C(NCC(O)c1ccc(-c2ccsc2)s1)c1ccc2nsnc2c1. The number of hydrogen-bond acceptors (Lipinski definition) is 7. The molecular formula is C17H13N3O2S3. The number of amides is 1. The first-order valence-electron chi connectivity index (χ1n) is 7.51. The summed E-state index contributed by atoms with van der Waals surface area (Å²) in [7, 11) is 0. The van der Waals surface area contributed by atoms with E-state index in [1.807, 2.05) is 17.5 Å². The third-order valence-corrected chi connectivity index (χ3v) is 6.21. The molecule has 4 rings (SSSR count). The van der Waals surface area contributed by atoms with Gasteiger partial charge in [0.05, 0.1) is 11.7 Å². The van der Waals surface area contributed by atoms with Crippen molar-refractivity contribution in [2.45, 2.75) is 6.10 Å². The van der Waals surface area contributed by atoms with E-state index in [4.69, 9.17) is 0 Å². The van der Waals surface area contributed by atoms with Crippen LogP contribution >= 0.6 is 34.4 Å². The number of benzene rings is 1. The third-order valence-electron chi connectivity index (χ3n) is 3.73. The average molecular weight is 388 g/mol. The van der Waals surface area contributed by atoms with Gasteiger partial charge in [-0.3, -0.25) is 4.79 Å². The van der Waals surface area contributed by atoms with Gasteiger partial charge in [-0.05, 0) is 47.2 Å². The molecule has 1 aromatic carbocycles. The number of aromatic nitrogens is 2. The lowest BCUT2D eigenvalue weighted by molar-refractivity contribution is 0.0918. The zero-order chi connectivity index (χ0) is 17.2. The van der Waals surface area contributed by atoms with E-state index in [0.717, 1.165) is 32.6 Å². The Kier molecular flexibility index (Phi) is 4.58. The first kappa shape index (κ1) is 16.3. The minimum Gasteiger partial charge on any atom is -0.386 e. The Morgan fingerprint density at radius 3 is 2.88 bits per heavy atom. The molecule has 0 aliphatic carbocycles. The van der Waals surface area contributed by atoms with Crippen LogP contribution in [0.2, 0.25) is 0 Å². The number of carbonyl (C=O) groups excluding carboxylic acids is 1. The Balaban J connectivity index is 1.41. The van der Waals surface area contributed by atoms with Gasteiger partial charge >= 0.3 is 0 Å². The van der Waals surface area contributed by atoms with Crippen molar-refractivity contribution in [2.24, 2.45) is 0 Å². The van der Waals surface area contributed by atoms with Crippen LogP contribution in [0.15, 0.2) is 47.2 Å².